The summed E-state index contributed by atoms with van der Waals surface area (Å²) in [4.78, 5) is 8.36. The number of rotatable bonds is 2. The van der Waals surface area contributed by atoms with Crippen LogP contribution in [0.5, 0.6) is 0 Å². The van der Waals surface area contributed by atoms with Gasteiger partial charge in [-0.25, -0.2) is 0 Å². The highest BCUT2D eigenvalue weighted by Crippen LogP contribution is 2.68. The zero-order valence-electron chi connectivity index (χ0n) is 42.4. The summed E-state index contributed by atoms with van der Waals surface area (Å²) in [7, 11) is 0. The molecule has 0 saturated carbocycles. The van der Waals surface area contributed by atoms with Gasteiger partial charge in [0.15, 0.2) is 0 Å². The minimum atomic E-state index is -0.361. The molecule has 0 N–H and O–H groups in total. The Morgan fingerprint density at radius 2 is 1.01 bits per heavy atom. The van der Waals surface area contributed by atoms with Crippen LogP contribution in [0.3, 0.4) is 0 Å². The lowest BCUT2D eigenvalue weighted by molar-refractivity contribution is 0.244. The first-order valence-electron chi connectivity index (χ1n) is 25.6. The maximum Gasteiger partial charge on any atom is 0.252 e. The Hall–Kier alpha value is -6.00. The normalized spacial score (nSPS) is 24.6. The molecule has 4 aliphatic heterocycles. The van der Waals surface area contributed by atoms with Gasteiger partial charge in [-0.2, -0.15) is 0 Å². The van der Waals surface area contributed by atoms with Gasteiger partial charge in [-0.05, 0) is 162 Å². The number of hydrogen-bond acceptors (Lipinski definition) is 3. The van der Waals surface area contributed by atoms with Crippen LogP contribution in [-0.4, -0.2) is 6.71 Å². The van der Waals surface area contributed by atoms with Crippen molar-refractivity contribution in [3.8, 4) is 0 Å². The van der Waals surface area contributed by atoms with Gasteiger partial charge in [0.1, 0.15) is 0 Å². The average Bonchev–Trinajstić information content (AvgIpc) is 3.66. The number of anilines is 7. The zero-order chi connectivity index (χ0) is 47.2. The molecule has 0 saturated heterocycles. The van der Waals surface area contributed by atoms with Crippen LogP contribution < -0.4 is 31.1 Å². The molecule has 2 aliphatic carbocycles. The monoisotopic (exact) mass is 888 g/mol. The molecule has 340 valence electrons. The van der Waals surface area contributed by atoms with Crippen molar-refractivity contribution >= 4 is 62.9 Å². The van der Waals surface area contributed by atoms with Crippen LogP contribution >= 0.6 is 0 Å². The van der Waals surface area contributed by atoms with Crippen molar-refractivity contribution in [1.82, 2.24) is 0 Å². The summed E-state index contributed by atoms with van der Waals surface area (Å²) in [6.07, 6.45) is 4.33. The smallest absolute Gasteiger partial charge is 0.252 e. The summed E-state index contributed by atoms with van der Waals surface area (Å²) in [6.45, 7) is 29.3. The topological polar surface area (TPSA) is 9.72 Å². The highest BCUT2D eigenvalue weighted by molar-refractivity contribution is 7.00. The Kier molecular flexibility index (Phi) is 8.31. The summed E-state index contributed by atoms with van der Waals surface area (Å²) in [5.74, 6) is 0. The molecule has 6 aliphatic rings. The Morgan fingerprint density at radius 3 is 1.66 bits per heavy atom. The molecule has 7 aromatic rings. The van der Waals surface area contributed by atoms with E-state index in [-0.39, 0.29) is 39.5 Å². The second-order valence-corrected chi connectivity index (χ2v) is 24.6. The van der Waals surface area contributed by atoms with E-state index in [1.165, 1.54) is 112 Å². The molecule has 0 spiro atoms. The van der Waals surface area contributed by atoms with Crippen LogP contribution in [0.2, 0.25) is 0 Å². The molecule has 4 heteroatoms. The maximum absolute atomic E-state index is 2.91. The molecule has 0 fully saturated rings. The van der Waals surface area contributed by atoms with Gasteiger partial charge >= 0.3 is 0 Å². The van der Waals surface area contributed by atoms with Crippen LogP contribution in [0.15, 0.2) is 133 Å². The van der Waals surface area contributed by atoms with Gasteiger partial charge in [0.25, 0.3) is 6.71 Å². The van der Waals surface area contributed by atoms with Gasteiger partial charge in [-0.3, -0.25) is 0 Å². The standard InChI is InChI=1S/C64H66BN3/c1-39-21-25-45(26-22-39)66-54-27-23-40(2)33-51(54)65-52-36-44(60(6,7)8)35-50-58(52)68(64(12)48-20-16-14-18-42(48)30-32-62(50,64)10)56-38-46(37-55(66)57(56)65)67-53-28-24-43(59(3,4)5)34-49(53)61(9)31-29-41-17-13-15-19-47(41)63(61,67)11/h13-28,33-38H,29-32H2,1-12H3. The Bertz CT molecular complexity index is 3330. The predicted octanol–water partition coefficient (Wildman–Crippen LogP) is 14.1. The van der Waals surface area contributed by atoms with Crippen molar-refractivity contribution in [2.24, 2.45) is 0 Å². The third kappa shape index (κ3) is 5.12. The highest BCUT2D eigenvalue weighted by Gasteiger charge is 2.65. The molecule has 3 nitrogen and oxygen atoms in total. The number of hydrogen-bond donors (Lipinski definition) is 0. The van der Waals surface area contributed by atoms with Gasteiger partial charge < -0.3 is 14.7 Å². The van der Waals surface area contributed by atoms with Gasteiger partial charge in [-0.15, -0.1) is 0 Å². The summed E-state index contributed by atoms with van der Waals surface area (Å²) >= 11 is 0. The first kappa shape index (κ1) is 42.1. The van der Waals surface area contributed by atoms with E-state index in [0.29, 0.717) is 0 Å². The van der Waals surface area contributed by atoms with E-state index in [1.807, 2.05) is 0 Å². The lowest BCUT2D eigenvalue weighted by atomic mass is 9.33. The third-order valence-electron chi connectivity index (χ3n) is 18.9. The average molecular weight is 888 g/mol. The zero-order valence-corrected chi connectivity index (χ0v) is 42.4. The summed E-state index contributed by atoms with van der Waals surface area (Å²) < 4.78 is 0. The fourth-order valence-corrected chi connectivity index (χ4v) is 14.7. The molecule has 4 unspecified atom stereocenters. The van der Waals surface area contributed by atoms with Crippen molar-refractivity contribution < 1.29 is 0 Å². The van der Waals surface area contributed by atoms with Gasteiger partial charge in [0.05, 0.1) is 11.1 Å². The van der Waals surface area contributed by atoms with Crippen molar-refractivity contribution in [3.63, 3.8) is 0 Å². The van der Waals surface area contributed by atoms with Crippen LogP contribution in [-0.2, 0) is 45.6 Å². The van der Waals surface area contributed by atoms with Crippen molar-refractivity contribution in [2.75, 3.05) is 14.7 Å². The molecule has 0 amide bonds. The minimum absolute atomic E-state index is 0.0269. The quantitative estimate of drug-likeness (QED) is 0.160. The first-order chi connectivity index (χ1) is 32.3. The molecular weight excluding hydrogens is 822 g/mol. The van der Waals surface area contributed by atoms with Crippen LogP contribution in [0.25, 0.3) is 0 Å². The fourth-order valence-electron chi connectivity index (χ4n) is 14.7. The second kappa shape index (κ2) is 13.4. The third-order valence-corrected chi connectivity index (χ3v) is 18.9. The number of benzene rings is 7. The van der Waals surface area contributed by atoms with Gasteiger partial charge in [0, 0.05) is 50.6 Å². The van der Waals surface area contributed by atoms with Gasteiger partial charge in [-0.1, -0.05) is 164 Å². The minimum Gasteiger partial charge on any atom is -0.331 e. The van der Waals surface area contributed by atoms with Gasteiger partial charge in [0.2, 0.25) is 0 Å². The second-order valence-electron chi connectivity index (χ2n) is 24.6. The summed E-state index contributed by atoms with van der Waals surface area (Å²) in [6, 6.07) is 53.5. The fraction of sp³-hybridized carbons (Fsp3) is 0.344. The van der Waals surface area contributed by atoms with Crippen LogP contribution in [0.4, 0.5) is 39.8 Å². The lowest BCUT2D eigenvalue weighted by Crippen LogP contribution is -2.64. The van der Waals surface area contributed by atoms with E-state index in [1.54, 1.807) is 0 Å². The molecule has 0 bridgehead atoms. The van der Waals surface area contributed by atoms with E-state index >= 15 is 0 Å². The number of fused-ring (bicyclic) bond motifs is 14. The molecule has 4 heterocycles. The largest absolute Gasteiger partial charge is 0.331 e. The molecular formula is C64H66BN3. The molecule has 13 rings (SSSR count). The van der Waals surface area contributed by atoms with E-state index in [4.69, 9.17) is 0 Å². The van der Waals surface area contributed by atoms with Crippen molar-refractivity contribution in [2.45, 2.75) is 142 Å². The number of aryl methyl sites for hydroxylation is 4. The number of nitrogens with zero attached hydrogens (tertiary/aromatic N) is 3. The lowest BCUT2D eigenvalue weighted by Gasteiger charge is -2.54. The van der Waals surface area contributed by atoms with E-state index < -0.39 is 0 Å². The molecule has 0 radical (unpaired) electrons. The van der Waals surface area contributed by atoms with Crippen LogP contribution in [0, 0.1) is 13.8 Å². The van der Waals surface area contributed by atoms with E-state index in [9.17, 15) is 0 Å². The van der Waals surface area contributed by atoms with E-state index in [2.05, 4.69) is 231 Å². The molecule has 7 aromatic carbocycles. The Balaban J connectivity index is 1.20. The van der Waals surface area contributed by atoms with Crippen molar-refractivity contribution in [3.05, 3.63) is 189 Å². The predicted molar refractivity (Wildman–Crippen MR) is 289 cm³/mol. The highest BCUT2D eigenvalue weighted by atomic mass is 15.3. The summed E-state index contributed by atoms with van der Waals surface area (Å²) in [5.41, 5.74) is 26.7. The Labute approximate surface area is 406 Å². The maximum atomic E-state index is 2.91. The molecule has 4 atom stereocenters. The van der Waals surface area contributed by atoms with E-state index in [0.717, 1.165) is 25.7 Å². The Morgan fingerprint density at radius 1 is 0.456 bits per heavy atom. The molecule has 0 aromatic heterocycles. The molecule has 68 heavy (non-hydrogen) atoms. The van der Waals surface area contributed by atoms with Crippen LogP contribution in [0.1, 0.15) is 138 Å². The van der Waals surface area contributed by atoms with Crippen molar-refractivity contribution in [1.29, 1.82) is 0 Å². The SMILES string of the molecule is Cc1ccc(N2c3ccc(C)cc3B3c4cc(C(C)(C)C)cc5c4N(c4cc(N6c7ccc(C(C)(C)C)cc7C7(C)CCc8ccccc8C67C)cc2c43)C2(C)c3ccccc3CCC52C)cc1. The summed E-state index contributed by atoms with van der Waals surface area (Å²) in [5, 5.41) is 0. The first-order valence-corrected chi connectivity index (χ1v) is 25.6.